The van der Waals surface area contributed by atoms with E-state index in [1.807, 2.05) is 11.8 Å². The number of hydrogen-bond acceptors (Lipinski definition) is 5. The normalized spacial score (nSPS) is 16.9. The van der Waals surface area contributed by atoms with Gasteiger partial charge in [-0.15, -0.1) is 0 Å². The zero-order chi connectivity index (χ0) is 14.0. The minimum Gasteiger partial charge on any atom is -0.496 e. The highest BCUT2D eigenvalue weighted by Crippen LogP contribution is 2.35. The predicted octanol–water partition coefficient (Wildman–Crippen LogP) is 1.95. The molecule has 0 amide bonds. The number of methoxy groups -OCH3 is 1. The zero-order valence-electron chi connectivity index (χ0n) is 11.1. The molecule has 0 radical (unpaired) electrons. The molecule has 1 saturated heterocycles. The van der Waals surface area contributed by atoms with E-state index >= 15 is 0 Å². The molecule has 0 aliphatic carbocycles. The predicted molar refractivity (Wildman–Crippen MR) is 71.7 cm³/mol. The molecule has 0 spiro atoms. The molecular weight excluding hydrogens is 248 g/mol. The second-order valence-corrected chi connectivity index (χ2v) is 4.98. The Labute approximate surface area is 111 Å². The van der Waals surface area contributed by atoms with Crippen LogP contribution in [0.3, 0.4) is 0 Å². The summed E-state index contributed by atoms with van der Waals surface area (Å²) in [6.45, 7) is 3.04. The Hall–Kier alpha value is -1.82. The highest BCUT2D eigenvalue weighted by molar-refractivity contribution is 5.60. The van der Waals surface area contributed by atoms with Crippen molar-refractivity contribution in [3.63, 3.8) is 0 Å². The second kappa shape index (κ2) is 5.05. The van der Waals surface area contributed by atoms with Crippen LogP contribution in [0.1, 0.15) is 19.8 Å². The van der Waals surface area contributed by atoms with Gasteiger partial charge in [-0.3, -0.25) is 10.1 Å². The average Bonchev–Trinajstić information content (AvgIpc) is 2.35. The first kappa shape index (κ1) is 13.6. The fourth-order valence-electron chi connectivity index (χ4n) is 2.44. The largest absolute Gasteiger partial charge is 0.496 e. The van der Waals surface area contributed by atoms with E-state index in [4.69, 9.17) is 4.74 Å². The van der Waals surface area contributed by atoms with Gasteiger partial charge in [0.1, 0.15) is 5.75 Å². The lowest BCUT2D eigenvalue weighted by Crippen LogP contribution is -2.61. The van der Waals surface area contributed by atoms with Crippen molar-refractivity contribution in [3.05, 3.63) is 28.3 Å². The summed E-state index contributed by atoms with van der Waals surface area (Å²) >= 11 is 0. The summed E-state index contributed by atoms with van der Waals surface area (Å²) in [6, 6.07) is 4.65. The summed E-state index contributed by atoms with van der Waals surface area (Å²) in [4.78, 5) is 12.3. The zero-order valence-corrected chi connectivity index (χ0v) is 11.1. The summed E-state index contributed by atoms with van der Waals surface area (Å²) in [5, 5.41) is 21.0. The lowest BCUT2D eigenvalue weighted by atomic mass is 9.89. The molecule has 0 aromatic heterocycles. The molecule has 0 saturated carbocycles. The SMILES string of the molecule is CCCC1(O)CN(c2cc(OC)cc([N+](=O)[O-])c2)C1. The highest BCUT2D eigenvalue weighted by Gasteiger charge is 2.40. The van der Waals surface area contributed by atoms with Crippen molar-refractivity contribution in [2.75, 3.05) is 25.1 Å². The third kappa shape index (κ3) is 2.78. The Morgan fingerprint density at radius 2 is 2.16 bits per heavy atom. The van der Waals surface area contributed by atoms with Crippen LogP contribution in [-0.4, -0.2) is 35.8 Å². The summed E-state index contributed by atoms with van der Waals surface area (Å²) in [5.41, 5.74) is 0.0548. The van der Waals surface area contributed by atoms with Gasteiger partial charge in [-0.1, -0.05) is 13.3 Å². The van der Waals surface area contributed by atoms with Gasteiger partial charge in [0.25, 0.3) is 5.69 Å². The van der Waals surface area contributed by atoms with E-state index in [1.165, 1.54) is 19.2 Å². The first-order valence-electron chi connectivity index (χ1n) is 6.28. The van der Waals surface area contributed by atoms with Gasteiger partial charge in [0, 0.05) is 30.9 Å². The van der Waals surface area contributed by atoms with E-state index < -0.39 is 10.5 Å². The summed E-state index contributed by atoms with van der Waals surface area (Å²) in [7, 11) is 1.48. The van der Waals surface area contributed by atoms with Gasteiger partial charge < -0.3 is 14.7 Å². The van der Waals surface area contributed by atoms with Crippen LogP contribution in [0.4, 0.5) is 11.4 Å². The number of non-ortho nitro benzene ring substituents is 1. The number of rotatable bonds is 5. The number of ether oxygens (including phenoxy) is 1. The molecule has 104 valence electrons. The Morgan fingerprint density at radius 1 is 1.47 bits per heavy atom. The van der Waals surface area contributed by atoms with Gasteiger partial charge in [-0.05, 0) is 6.42 Å². The summed E-state index contributed by atoms with van der Waals surface area (Å²) < 4.78 is 5.07. The van der Waals surface area contributed by atoms with Crippen LogP contribution in [0.2, 0.25) is 0 Å². The topological polar surface area (TPSA) is 75.8 Å². The van der Waals surface area contributed by atoms with E-state index in [0.29, 0.717) is 24.5 Å². The minimum atomic E-state index is -0.660. The van der Waals surface area contributed by atoms with Crippen molar-refractivity contribution in [1.29, 1.82) is 0 Å². The Bertz CT molecular complexity index is 484. The van der Waals surface area contributed by atoms with Crippen LogP contribution in [0.15, 0.2) is 18.2 Å². The second-order valence-electron chi connectivity index (χ2n) is 4.98. The minimum absolute atomic E-state index is 0.000260. The standard InChI is InChI=1S/C13H18N2O4/c1-3-4-13(16)8-14(9-13)10-5-11(15(17)18)7-12(6-10)19-2/h5-7,16H,3-4,8-9H2,1-2H3. The van der Waals surface area contributed by atoms with Crippen LogP contribution < -0.4 is 9.64 Å². The Kier molecular flexibility index (Phi) is 3.61. The van der Waals surface area contributed by atoms with Crippen LogP contribution in [0, 0.1) is 10.1 Å². The van der Waals surface area contributed by atoms with Crippen molar-refractivity contribution in [1.82, 2.24) is 0 Å². The Balaban J connectivity index is 2.18. The number of nitro groups is 1. The smallest absolute Gasteiger partial charge is 0.275 e. The lowest BCUT2D eigenvalue weighted by molar-refractivity contribution is -0.384. The number of benzene rings is 1. The quantitative estimate of drug-likeness (QED) is 0.651. The molecule has 1 aromatic carbocycles. The number of β-amino-alcohol motifs (C(OH)–C–C–N with tert-alkyl or cyclic N) is 1. The van der Waals surface area contributed by atoms with Crippen molar-refractivity contribution in [2.24, 2.45) is 0 Å². The number of nitro benzene ring substituents is 1. The van der Waals surface area contributed by atoms with E-state index in [2.05, 4.69) is 0 Å². The maximum absolute atomic E-state index is 10.9. The molecule has 1 aromatic rings. The molecule has 1 aliphatic heterocycles. The fraction of sp³-hybridized carbons (Fsp3) is 0.538. The van der Waals surface area contributed by atoms with Gasteiger partial charge in [-0.25, -0.2) is 0 Å². The van der Waals surface area contributed by atoms with E-state index in [9.17, 15) is 15.2 Å². The van der Waals surface area contributed by atoms with Crippen molar-refractivity contribution in [3.8, 4) is 5.75 Å². The highest BCUT2D eigenvalue weighted by atomic mass is 16.6. The molecule has 19 heavy (non-hydrogen) atoms. The van der Waals surface area contributed by atoms with Crippen LogP contribution in [0.5, 0.6) is 5.75 Å². The number of anilines is 1. The first-order valence-corrected chi connectivity index (χ1v) is 6.28. The molecule has 2 rings (SSSR count). The maximum atomic E-state index is 10.9. The maximum Gasteiger partial charge on any atom is 0.275 e. The number of hydrogen-bond donors (Lipinski definition) is 1. The van der Waals surface area contributed by atoms with Gasteiger partial charge in [0.2, 0.25) is 0 Å². The van der Waals surface area contributed by atoms with Crippen LogP contribution >= 0.6 is 0 Å². The van der Waals surface area contributed by atoms with Crippen LogP contribution in [0.25, 0.3) is 0 Å². The van der Waals surface area contributed by atoms with Gasteiger partial charge in [-0.2, -0.15) is 0 Å². The summed E-state index contributed by atoms with van der Waals surface area (Å²) in [6.07, 6.45) is 1.66. The van der Waals surface area contributed by atoms with E-state index in [0.717, 1.165) is 12.8 Å². The van der Waals surface area contributed by atoms with Gasteiger partial charge in [0.15, 0.2) is 0 Å². The third-order valence-corrected chi connectivity index (χ3v) is 3.37. The average molecular weight is 266 g/mol. The molecule has 1 heterocycles. The first-order chi connectivity index (χ1) is 8.97. The Morgan fingerprint density at radius 3 is 2.68 bits per heavy atom. The lowest BCUT2D eigenvalue weighted by Gasteiger charge is -2.48. The molecule has 0 unspecified atom stereocenters. The monoisotopic (exact) mass is 266 g/mol. The third-order valence-electron chi connectivity index (χ3n) is 3.37. The molecule has 1 fully saturated rings. The molecule has 1 N–H and O–H groups in total. The molecule has 1 aliphatic rings. The number of aliphatic hydroxyl groups is 1. The molecule has 0 bridgehead atoms. The van der Waals surface area contributed by atoms with Crippen molar-refractivity contribution >= 4 is 11.4 Å². The van der Waals surface area contributed by atoms with Crippen molar-refractivity contribution < 1.29 is 14.8 Å². The molecule has 6 heteroatoms. The summed E-state index contributed by atoms with van der Waals surface area (Å²) in [5.74, 6) is 0.454. The van der Waals surface area contributed by atoms with E-state index in [-0.39, 0.29) is 5.69 Å². The fourth-order valence-corrected chi connectivity index (χ4v) is 2.44. The van der Waals surface area contributed by atoms with E-state index in [1.54, 1.807) is 6.07 Å². The number of nitrogens with zero attached hydrogens (tertiary/aromatic N) is 2. The van der Waals surface area contributed by atoms with Crippen LogP contribution in [-0.2, 0) is 0 Å². The van der Waals surface area contributed by atoms with Gasteiger partial charge in [0.05, 0.1) is 23.7 Å². The molecule has 0 atom stereocenters. The molecular formula is C13H18N2O4. The molecule has 6 nitrogen and oxygen atoms in total. The van der Waals surface area contributed by atoms with Crippen molar-refractivity contribution in [2.45, 2.75) is 25.4 Å². The van der Waals surface area contributed by atoms with Gasteiger partial charge >= 0.3 is 0 Å².